The molecular formula is C26H37BN2O4. The van der Waals surface area contributed by atoms with Crippen LogP contribution in [0, 0.1) is 5.41 Å². The first kappa shape index (κ1) is 22.8. The standard InChI is InChI=1S/C26H37BN2O4/c1-22(2,3)31-21(30)29-20(12-17-13-28-19-11-9-8-10-18(17)19)25-14-26(15-25,16-25)27-32-23(4,5)24(6,7)33-27/h8-11,13,20,28H,12,14-16H2,1-7H3,(H,29,30). The van der Waals surface area contributed by atoms with Gasteiger partial charge in [-0.15, -0.1) is 0 Å². The number of nitrogens with one attached hydrogen (secondary N) is 2. The van der Waals surface area contributed by atoms with E-state index in [1.54, 1.807) is 0 Å². The summed E-state index contributed by atoms with van der Waals surface area (Å²) in [6, 6.07) is 8.32. The Morgan fingerprint density at radius 2 is 1.73 bits per heavy atom. The maximum Gasteiger partial charge on any atom is 0.464 e. The second-order valence-electron chi connectivity index (χ2n) is 12.6. The fraction of sp³-hybridized carbons (Fsp3) is 0.654. The highest BCUT2D eigenvalue weighted by molar-refractivity contribution is 6.51. The predicted octanol–water partition coefficient (Wildman–Crippen LogP) is 5.62. The van der Waals surface area contributed by atoms with Crippen molar-refractivity contribution in [3.8, 4) is 0 Å². The van der Waals surface area contributed by atoms with E-state index < -0.39 is 5.60 Å². The highest BCUT2D eigenvalue weighted by atomic mass is 16.7. The minimum Gasteiger partial charge on any atom is -0.444 e. The van der Waals surface area contributed by atoms with Gasteiger partial charge in [0.25, 0.3) is 0 Å². The van der Waals surface area contributed by atoms with Crippen LogP contribution in [0.1, 0.15) is 73.3 Å². The number of carbonyl (C=O) groups excluding carboxylic acids is 1. The summed E-state index contributed by atoms with van der Waals surface area (Å²) in [7, 11) is -0.181. The van der Waals surface area contributed by atoms with Crippen molar-refractivity contribution in [2.75, 3.05) is 0 Å². The third-order valence-corrected chi connectivity index (χ3v) is 8.39. The molecule has 2 N–H and O–H groups in total. The minimum atomic E-state index is -0.529. The summed E-state index contributed by atoms with van der Waals surface area (Å²) >= 11 is 0. The Kier molecular flexibility index (Phi) is 4.84. The normalized spacial score (nSPS) is 30.5. The molecule has 178 valence electrons. The molecule has 3 aliphatic carbocycles. The van der Waals surface area contributed by atoms with Gasteiger partial charge in [0, 0.05) is 28.5 Å². The zero-order chi connectivity index (χ0) is 23.9. The number of hydrogen-bond donors (Lipinski definition) is 2. The Balaban J connectivity index is 1.35. The monoisotopic (exact) mass is 452 g/mol. The van der Waals surface area contributed by atoms with E-state index in [4.69, 9.17) is 14.0 Å². The average molecular weight is 452 g/mol. The number of alkyl carbamates (subject to hydrolysis) is 1. The van der Waals surface area contributed by atoms with Gasteiger partial charge >= 0.3 is 13.2 Å². The smallest absolute Gasteiger partial charge is 0.444 e. The number of ether oxygens (including phenoxy) is 1. The Hall–Kier alpha value is -1.99. The number of benzene rings is 1. The SMILES string of the molecule is CC(C)(C)OC(=O)NC(Cc1c[nH]c2ccccc12)C12CC(B3OC(C)(C)C(C)(C)O3)(C1)C2. The van der Waals surface area contributed by atoms with Crippen molar-refractivity contribution < 1.29 is 18.8 Å². The molecule has 6 nitrogen and oxygen atoms in total. The second-order valence-corrected chi connectivity index (χ2v) is 12.6. The molecule has 1 atom stereocenters. The maximum atomic E-state index is 12.8. The summed E-state index contributed by atoms with van der Waals surface area (Å²) in [5, 5.41) is 4.50. The Bertz CT molecular complexity index is 1050. The number of carbonyl (C=O) groups is 1. The molecule has 2 heterocycles. The van der Waals surface area contributed by atoms with E-state index in [9.17, 15) is 4.79 Å². The fourth-order valence-corrected chi connectivity index (χ4v) is 6.05. The summed E-state index contributed by atoms with van der Waals surface area (Å²) in [5.41, 5.74) is 1.23. The van der Waals surface area contributed by atoms with E-state index >= 15 is 0 Å². The molecule has 3 saturated carbocycles. The molecule has 1 amide bonds. The first-order chi connectivity index (χ1) is 15.2. The van der Waals surface area contributed by atoms with Crippen LogP contribution in [0.4, 0.5) is 4.79 Å². The molecule has 33 heavy (non-hydrogen) atoms. The van der Waals surface area contributed by atoms with Crippen LogP contribution in [-0.2, 0) is 20.5 Å². The van der Waals surface area contributed by atoms with E-state index in [0.717, 1.165) is 31.2 Å². The molecule has 4 fully saturated rings. The van der Waals surface area contributed by atoms with Gasteiger partial charge in [0.05, 0.1) is 11.2 Å². The third kappa shape index (κ3) is 3.68. The molecule has 2 aromatic rings. The first-order valence-electron chi connectivity index (χ1n) is 12.1. The van der Waals surface area contributed by atoms with Crippen LogP contribution >= 0.6 is 0 Å². The lowest BCUT2D eigenvalue weighted by molar-refractivity contribution is -0.134. The zero-order valence-corrected chi connectivity index (χ0v) is 21.0. The van der Waals surface area contributed by atoms with Gasteiger partial charge in [0.1, 0.15) is 5.60 Å². The van der Waals surface area contributed by atoms with Crippen LogP contribution in [0.25, 0.3) is 10.9 Å². The number of hydrogen-bond acceptors (Lipinski definition) is 4. The van der Waals surface area contributed by atoms with Crippen LogP contribution in [0.15, 0.2) is 30.5 Å². The van der Waals surface area contributed by atoms with Gasteiger partial charge in [0.15, 0.2) is 0 Å². The fourth-order valence-electron chi connectivity index (χ4n) is 6.05. The van der Waals surface area contributed by atoms with Gasteiger partial charge in [-0.3, -0.25) is 0 Å². The van der Waals surface area contributed by atoms with Crippen molar-refractivity contribution >= 4 is 24.1 Å². The quantitative estimate of drug-likeness (QED) is 0.578. The summed E-state index contributed by atoms with van der Waals surface area (Å²) in [6.07, 6.45) is 5.49. The molecule has 1 aromatic carbocycles. The number of para-hydroxylation sites is 1. The third-order valence-electron chi connectivity index (χ3n) is 8.39. The molecule has 0 radical (unpaired) electrons. The summed E-state index contributed by atoms with van der Waals surface area (Å²) in [5.74, 6) is 0. The average Bonchev–Trinajstić information content (AvgIpc) is 3.09. The van der Waals surface area contributed by atoms with E-state index in [-0.39, 0.29) is 41.2 Å². The van der Waals surface area contributed by atoms with Gasteiger partial charge in [-0.25, -0.2) is 4.79 Å². The minimum absolute atomic E-state index is 0.00384. The van der Waals surface area contributed by atoms with Gasteiger partial charge < -0.3 is 24.3 Å². The van der Waals surface area contributed by atoms with E-state index in [1.165, 1.54) is 10.9 Å². The predicted molar refractivity (Wildman–Crippen MR) is 130 cm³/mol. The Morgan fingerprint density at radius 1 is 1.12 bits per heavy atom. The molecule has 1 aliphatic heterocycles. The molecule has 1 saturated heterocycles. The Labute approximate surface area is 197 Å². The van der Waals surface area contributed by atoms with Crippen molar-refractivity contribution in [1.82, 2.24) is 10.3 Å². The molecule has 1 unspecified atom stereocenters. The molecule has 4 aliphatic rings. The number of aromatic amines is 1. The van der Waals surface area contributed by atoms with Crippen LogP contribution in [0.3, 0.4) is 0 Å². The van der Waals surface area contributed by atoms with Crippen molar-refractivity contribution in [2.45, 2.75) is 102 Å². The number of H-pyrrole nitrogens is 1. The largest absolute Gasteiger partial charge is 0.464 e. The zero-order valence-electron chi connectivity index (χ0n) is 21.0. The van der Waals surface area contributed by atoms with E-state index in [2.05, 4.69) is 62.4 Å². The van der Waals surface area contributed by atoms with Gasteiger partial charge in [-0.05, 0) is 91.2 Å². The molecule has 2 bridgehead atoms. The van der Waals surface area contributed by atoms with Crippen LogP contribution in [0.5, 0.6) is 0 Å². The molecule has 7 heteroatoms. The molecular weight excluding hydrogens is 415 g/mol. The number of fused-ring (bicyclic) bond motifs is 1. The Morgan fingerprint density at radius 3 is 2.33 bits per heavy atom. The van der Waals surface area contributed by atoms with Crippen LogP contribution in [-0.4, -0.2) is 41.0 Å². The van der Waals surface area contributed by atoms with Crippen molar-refractivity contribution in [3.63, 3.8) is 0 Å². The maximum absolute atomic E-state index is 12.8. The highest BCUT2D eigenvalue weighted by Gasteiger charge is 2.78. The topological polar surface area (TPSA) is 72.6 Å². The summed E-state index contributed by atoms with van der Waals surface area (Å²) in [6.45, 7) is 14.1. The highest BCUT2D eigenvalue weighted by Crippen LogP contribution is 2.82. The lowest BCUT2D eigenvalue weighted by Crippen LogP contribution is -2.71. The van der Waals surface area contributed by atoms with Gasteiger partial charge in [-0.2, -0.15) is 0 Å². The summed E-state index contributed by atoms with van der Waals surface area (Å²) in [4.78, 5) is 16.2. The lowest BCUT2D eigenvalue weighted by Gasteiger charge is -2.73. The van der Waals surface area contributed by atoms with E-state index in [1.807, 2.05) is 26.8 Å². The number of rotatable bonds is 5. The summed E-state index contributed by atoms with van der Waals surface area (Å²) < 4.78 is 18.4. The number of amides is 1. The second kappa shape index (κ2) is 7.02. The van der Waals surface area contributed by atoms with Crippen molar-refractivity contribution in [2.24, 2.45) is 5.41 Å². The number of aromatic nitrogens is 1. The molecule has 0 spiro atoms. The lowest BCUT2D eigenvalue weighted by atomic mass is 9.22. The van der Waals surface area contributed by atoms with Gasteiger partial charge in [-0.1, -0.05) is 18.2 Å². The van der Waals surface area contributed by atoms with Crippen LogP contribution in [0.2, 0.25) is 5.31 Å². The van der Waals surface area contributed by atoms with Crippen molar-refractivity contribution in [1.29, 1.82) is 0 Å². The molecule has 6 rings (SSSR count). The van der Waals surface area contributed by atoms with Crippen molar-refractivity contribution in [3.05, 3.63) is 36.0 Å². The first-order valence-corrected chi connectivity index (χ1v) is 12.1. The van der Waals surface area contributed by atoms with Gasteiger partial charge in [0.2, 0.25) is 0 Å². The van der Waals surface area contributed by atoms with E-state index in [0.29, 0.717) is 0 Å². The molecule has 1 aromatic heterocycles. The van der Waals surface area contributed by atoms with Crippen LogP contribution < -0.4 is 5.32 Å².